The lowest BCUT2D eigenvalue weighted by Crippen LogP contribution is -2.45. The summed E-state index contributed by atoms with van der Waals surface area (Å²) in [4.78, 5) is 38.6. The van der Waals surface area contributed by atoms with Crippen LogP contribution in [0.3, 0.4) is 0 Å². The molecule has 28 heavy (non-hydrogen) atoms. The van der Waals surface area contributed by atoms with E-state index in [1.807, 2.05) is 32.0 Å². The van der Waals surface area contributed by atoms with E-state index < -0.39 is 6.04 Å². The molecule has 0 radical (unpaired) electrons. The number of Topliss-reactive ketones (excluding diaryl/α,β-unsaturated/α-hetero) is 1. The summed E-state index contributed by atoms with van der Waals surface area (Å²) >= 11 is 0. The number of ketones is 1. The number of carbonyl (C=O) groups excluding carboxylic acids is 3. The van der Waals surface area contributed by atoms with Crippen LogP contribution in [0.4, 0.5) is 16.2 Å². The van der Waals surface area contributed by atoms with Crippen molar-refractivity contribution in [2.45, 2.75) is 39.7 Å². The van der Waals surface area contributed by atoms with Gasteiger partial charge in [0.1, 0.15) is 6.04 Å². The number of hydrogen-bond donors (Lipinski definition) is 2. The maximum atomic E-state index is 12.8. The van der Waals surface area contributed by atoms with Gasteiger partial charge in [-0.3, -0.25) is 9.59 Å². The summed E-state index contributed by atoms with van der Waals surface area (Å²) in [5.41, 5.74) is 3.95. The third-order valence-corrected chi connectivity index (χ3v) is 4.98. The van der Waals surface area contributed by atoms with Gasteiger partial charge in [0.05, 0.1) is 0 Å². The Labute approximate surface area is 164 Å². The van der Waals surface area contributed by atoms with Crippen LogP contribution in [0.1, 0.15) is 41.3 Å². The smallest absolute Gasteiger partial charge is 0.322 e. The number of anilines is 2. The van der Waals surface area contributed by atoms with Gasteiger partial charge in [-0.05, 0) is 57.4 Å². The lowest BCUT2D eigenvalue weighted by atomic mass is 10.1. The van der Waals surface area contributed by atoms with Crippen LogP contribution in [0.5, 0.6) is 0 Å². The average Bonchev–Trinajstić information content (AvgIpc) is 3.14. The lowest BCUT2D eigenvalue weighted by molar-refractivity contribution is -0.119. The van der Waals surface area contributed by atoms with Crippen LogP contribution in [-0.2, 0) is 4.79 Å². The van der Waals surface area contributed by atoms with Crippen LogP contribution in [0, 0.1) is 13.8 Å². The third-order valence-electron chi connectivity index (χ3n) is 4.98. The van der Waals surface area contributed by atoms with E-state index in [1.54, 1.807) is 29.2 Å². The van der Waals surface area contributed by atoms with Gasteiger partial charge >= 0.3 is 6.03 Å². The highest BCUT2D eigenvalue weighted by atomic mass is 16.2. The fraction of sp³-hybridized carbons (Fsp3) is 0.318. The molecule has 6 heteroatoms. The molecule has 1 fully saturated rings. The van der Waals surface area contributed by atoms with Gasteiger partial charge in [-0.25, -0.2) is 4.79 Å². The summed E-state index contributed by atoms with van der Waals surface area (Å²) in [5.74, 6) is -0.250. The van der Waals surface area contributed by atoms with Crippen molar-refractivity contribution in [3.63, 3.8) is 0 Å². The number of nitrogens with zero attached hydrogens (tertiary/aromatic N) is 1. The molecule has 2 N–H and O–H groups in total. The minimum atomic E-state index is -0.517. The SMILES string of the molecule is CC(=O)c1cccc(NC(=O)N2CCC[C@@H]2C(=O)Nc2ccc(C)cc2C)c1. The molecule has 0 saturated carbocycles. The first kappa shape index (κ1) is 19.6. The molecule has 1 heterocycles. The standard InChI is InChI=1S/C22H25N3O3/c1-14-9-10-19(15(2)12-14)24-21(27)20-8-5-11-25(20)22(28)23-18-7-4-6-17(13-18)16(3)26/h4,6-7,9-10,12-13,20H,5,8,11H2,1-3H3,(H,23,28)(H,24,27)/t20-/m1/s1. The second kappa shape index (κ2) is 8.25. The number of aryl methyl sites for hydroxylation is 2. The number of benzene rings is 2. The van der Waals surface area contributed by atoms with Crippen LogP contribution >= 0.6 is 0 Å². The molecular weight excluding hydrogens is 354 g/mol. The van der Waals surface area contributed by atoms with Crippen molar-refractivity contribution in [3.8, 4) is 0 Å². The first-order valence-corrected chi connectivity index (χ1v) is 9.42. The van der Waals surface area contributed by atoms with Gasteiger partial charge in [-0.1, -0.05) is 29.8 Å². The van der Waals surface area contributed by atoms with Crippen molar-refractivity contribution in [2.75, 3.05) is 17.2 Å². The first-order chi connectivity index (χ1) is 13.3. The van der Waals surface area contributed by atoms with E-state index in [2.05, 4.69) is 10.6 Å². The highest BCUT2D eigenvalue weighted by Gasteiger charge is 2.34. The van der Waals surface area contributed by atoms with E-state index >= 15 is 0 Å². The summed E-state index contributed by atoms with van der Waals surface area (Å²) in [6.07, 6.45) is 1.39. The molecule has 0 aliphatic carbocycles. The van der Waals surface area contributed by atoms with Gasteiger partial charge in [0, 0.05) is 23.5 Å². The van der Waals surface area contributed by atoms with Crippen LogP contribution in [-0.4, -0.2) is 35.2 Å². The Bertz CT molecular complexity index is 923. The quantitative estimate of drug-likeness (QED) is 0.784. The highest BCUT2D eigenvalue weighted by molar-refractivity contribution is 6.00. The van der Waals surface area contributed by atoms with Crippen molar-refractivity contribution in [1.29, 1.82) is 0 Å². The van der Waals surface area contributed by atoms with Gasteiger partial charge in [-0.2, -0.15) is 0 Å². The van der Waals surface area contributed by atoms with Crippen LogP contribution < -0.4 is 10.6 Å². The van der Waals surface area contributed by atoms with Gasteiger partial charge in [-0.15, -0.1) is 0 Å². The van der Waals surface area contributed by atoms with Gasteiger partial charge in [0.15, 0.2) is 5.78 Å². The molecule has 1 atom stereocenters. The fourth-order valence-corrected chi connectivity index (χ4v) is 3.46. The van der Waals surface area contributed by atoms with Crippen molar-refractivity contribution in [3.05, 3.63) is 59.2 Å². The van der Waals surface area contributed by atoms with E-state index in [9.17, 15) is 14.4 Å². The van der Waals surface area contributed by atoms with Crippen LogP contribution in [0.2, 0.25) is 0 Å². The minimum absolute atomic E-state index is 0.0667. The van der Waals surface area contributed by atoms with E-state index in [4.69, 9.17) is 0 Å². The monoisotopic (exact) mass is 379 g/mol. The molecule has 6 nitrogen and oxygen atoms in total. The minimum Gasteiger partial charge on any atom is -0.324 e. The third kappa shape index (κ3) is 4.39. The fourth-order valence-electron chi connectivity index (χ4n) is 3.46. The van der Waals surface area contributed by atoms with Gasteiger partial charge in [0.2, 0.25) is 5.91 Å². The predicted octanol–water partition coefficient (Wildman–Crippen LogP) is 4.14. The van der Waals surface area contributed by atoms with Crippen molar-refractivity contribution in [1.82, 2.24) is 4.90 Å². The number of rotatable bonds is 4. The molecular formula is C22H25N3O3. The number of amides is 3. The largest absolute Gasteiger partial charge is 0.324 e. The zero-order chi connectivity index (χ0) is 20.3. The molecule has 2 aromatic carbocycles. The Kier molecular flexibility index (Phi) is 5.78. The Balaban J connectivity index is 1.69. The number of hydrogen-bond acceptors (Lipinski definition) is 3. The number of urea groups is 1. The molecule has 0 unspecified atom stereocenters. The molecule has 1 saturated heterocycles. The Morgan fingerprint density at radius 2 is 1.82 bits per heavy atom. The Hall–Kier alpha value is -3.15. The topological polar surface area (TPSA) is 78.5 Å². The summed E-state index contributed by atoms with van der Waals surface area (Å²) < 4.78 is 0. The molecule has 1 aliphatic heterocycles. The zero-order valence-electron chi connectivity index (χ0n) is 16.4. The van der Waals surface area contributed by atoms with Gasteiger partial charge < -0.3 is 15.5 Å². The molecule has 146 valence electrons. The van der Waals surface area contributed by atoms with E-state index in [0.29, 0.717) is 24.2 Å². The number of carbonyl (C=O) groups is 3. The number of nitrogens with one attached hydrogen (secondary N) is 2. The molecule has 2 aromatic rings. The number of likely N-dealkylation sites (tertiary alicyclic amines) is 1. The van der Waals surface area contributed by atoms with Gasteiger partial charge in [0.25, 0.3) is 0 Å². The van der Waals surface area contributed by atoms with Crippen molar-refractivity contribution >= 4 is 29.1 Å². The lowest BCUT2D eigenvalue weighted by Gasteiger charge is -2.24. The Morgan fingerprint density at radius 1 is 1.04 bits per heavy atom. The van der Waals surface area contributed by atoms with Crippen molar-refractivity contribution in [2.24, 2.45) is 0 Å². The second-order valence-electron chi connectivity index (χ2n) is 7.23. The van der Waals surface area contributed by atoms with Crippen LogP contribution in [0.15, 0.2) is 42.5 Å². The van der Waals surface area contributed by atoms with E-state index in [0.717, 1.165) is 23.2 Å². The van der Waals surface area contributed by atoms with E-state index in [-0.39, 0.29) is 17.7 Å². The maximum Gasteiger partial charge on any atom is 0.322 e. The summed E-state index contributed by atoms with van der Waals surface area (Å²) in [7, 11) is 0. The molecule has 1 aliphatic rings. The predicted molar refractivity (Wildman–Crippen MR) is 110 cm³/mol. The van der Waals surface area contributed by atoms with Crippen molar-refractivity contribution < 1.29 is 14.4 Å². The Morgan fingerprint density at radius 3 is 2.54 bits per heavy atom. The molecule has 0 bridgehead atoms. The molecule has 3 rings (SSSR count). The summed E-state index contributed by atoms with van der Waals surface area (Å²) in [5, 5.41) is 5.75. The maximum absolute atomic E-state index is 12.8. The molecule has 0 spiro atoms. The highest BCUT2D eigenvalue weighted by Crippen LogP contribution is 2.23. The molecule has 3 amide bonds. The molecule has 0 aromatic heterocycles. The zero-order valence-corrected chi connectivity index (χ0v) is 16.4. The second-order valence-corrected chi connectivity index (χ2v) is 7.23. The summed E-state index contributed by atoms with van der Waals surface area (Å²) in [6, 6.07) is 11.8. The first-order valence-electron chi connectivity index (χ1n) is 9.42. The summed E-state index contributed by atoms with van der Waals surface area (Å²) in [6.45, 7) is 5.95. The van der Waals surface area contributed by atoms with Crippen LogP contribution in [0.25, 0.3) is 0 Å². The van der Waals surface area contributed by atoms with E-state index in [1.165, 1.54) is 6.92 Å². The normalized spacial score (nSPS) is 16.0. The average molecular weight is 379 g/mol.